The first-order valence-electron chi connectivity index (χ1n) is 6.62. The maximum Gasteiger partial charge on any atom is 0.248 e. The minimum atomic E-state index is -0.754. The van der Waals surface area contributed by atoms with E-state index in [2.05, 4.69) is 5.32 Å². The first-order chi connectivity index (χ1) is 8.50. The lowest BCUT2D eigenvalue weighted by Gasteiger charge is -2.44. The van der Waals surface area contributed by atoms with Crippen molar-refractivity contribution in [2.45, 2.75) is 51.6 Å². The van der Waals surface area contributed by atoms with Gasteiger partial charge in [-0.1, -0.05) is 13.8 Å². The first-order valence-corrected chi connectivity index (χ1v) is 6.62. The molecule has 2 amide bonds. The molecule has 5 nitrogen and oxygen atoms in total. The molecular weight excluding hydrogens is 232 g/mol. The van der Waals surface area contributed by atoms with Crippen LogP contribution in [0.15, 0.2) is 0 Å². The van der Waals surface area contributed by atoms with Crippen LogP contribution in [-0.2, 0) is 14.3 Å². The van der Waals surface area contributed by atoms with Crippen LogP contribution < -0.4 is 5.32 Å². The molecule has 0 spiro atoms. The number of piperazine rings is 1. The van der Waals surface area contributed by atoms with E-state index in [9.17, 15) is 9.59 Å². The Morgan fingerprint density at radius 2 is 2.06 bits per heavy atom. The molecule has 18 heavy (non-hydrogen) atoms. The van der Waals surface area contributed by atoms with Crippen LogP contribution in [0.1, 0.15) is 40.0 Å². The van der Waals surface area contributed by atoms with Gasteiger partial charge in [0.1, 0.15) is 11.6 Å². The summed E-state index contributed by atoms with van der Waals surface area (Å²) in [7, 11) is 1.64. The average molecular weight is 256 g/mol. The molecule has 0 saturated carbocycles. The SMILES string of the molecule is CCC1C(=O)NC(C)(CC)C(=O)N1CCCOC. The predicted molar refractivity (Wildman–Crippen MR) is 69.1 cm³/mol. The molecule has 1 saturated heterocycles. The van der Waals surface area contributed by atoms with Gasteiger partial charge in [0.05, 0.1) is 0 Å². The number of nitrogens with one attached hydrogen (secondary N) is 1. The summed E-state index contributed by atoms with van der Waals surface area (Å²) in [6.45, 7) is 6.81. The van der Waals surface area contributed by atoms with E-state index < -0.39 is 5.54 Å². The second-order valence-electron chi connectivity index (χ2n) is 4.94. The largest absolute Gasteiger partial charge is 0.385 e. The molecule has 2 unspecified atom stereocenters. The van der Waals surface area contributed by atoms with E-state index in [-0.39, 0.29) is 17.9 Å². The Morgan fingerprint density at radius 1 is 1.39 bits per heavy atom. The standard InChI is InChI=1S/C13H24N2O3/c1-5-10-11(16)14-13(3,6-2)12(17)15(10)8-7-9-18-4/h10H,5-9H2,1-4H3,(H,14,16). The van der Waals surface area contributed by atoms with E-state index >= 15 is 0 Å². The van der Waals surface area contributed by atoms with Crippen molar-refractivity contribution in [3.63, 3.8) is 0 Å². The van der Waals surface area contributed by atoms with Crippen molar-refractivity contribution in [1.29, 1.82) is 0 Å². The van der Waals surface area contributed by atoms with Crippen molar-refractivity contribution in [3.8, 4) is 0 Å². The molecule has 0 aromatic carbocycles. The maximum atomic E-state index is 12.5. The summed E-state index contributed by atoms with van der Waals surface area (Å²) >= 11 is 0. The number of ether oxygens (including phenoxy) is 1. The number of carbonyl (C=O) groups excluding carboxylic acids is 2. The zero-order valence-electron chi connectivity index (χ0n) is 11.8. The summed E-state index contributed by atoms with van der Waals surface area (Å²) in [4.78, 5) is 26.2. The lowest BCUT2D eigenvalue weighted by molar-refractivity contribution is -0.154. The third kappa shape index (κ3) is 2.83. The fourth-order valence-corrected chi connectivity index (χ4v) is 2.29. The van der Waals surface area contributed by atoms with Gasteiger partial charge in [-0.25, -0.2) is 0 Å². The van der Waals surface area contributed by atoms with Crippen molar-refractivity contribution >= 4 is 11.8 Å². The highest BCUT2D eigenvalue weighted by atomic mass is 16.5. The normalized spacial score (nSPS) is 28.4. The van der Waals surface area contributed by atoms with Crippen LogP contribution in [0.25, 0.3) is 0 Å². The van der Waals surface area contributed by atoms with Gasteiger partial charge in [-0.2, -0.15) is 0 Å². The Morgan fingerprint density at radius 3 is 2.56 bits per heavy atom. The average Bonchev–Trinajstić information content (AvgIpc) is 2.35. The van der Waals surface area contributed by atoms with Gasteiger partial charge in [0, 0.05) is 20.3 Å². The Balaban J connectivity index is 2.84. The van der Waals surface area contributed by atoms with Crippen LogP contribution >= 0.6 is 0 Å². The van der Waals surface area contributed by atoms with Gasteiger partial charge in [0.25, 0.3) is 0 Å². The van der Waals surface area contributed by atoms with Gasteiger partial charge >= 0.3 is 0 Å². The molecule has 0 aliphatic carbocycles. The summed E-state index contributed by atoms with van der Waals surface area (Å²) < 4.78 is 5.00. The smallest absolute Gasteiger partial charge is 0.248 e. The van der Waals surface area contributed by atoms with E-state index in [4.69, 9.17) is 4.74 Å². The molecule has 0 radical (unpaired) electrons. The number of rotatable bonds is 6. The van der Waals surface area contributed by atoms with Crippen molar-refractivity contribution in [3.05, 3.63) is 0 Å². The van der Waals surface area contributed by atoms with Crippen LogP contribution in [-0.4, -0.2) is 48.6 Å². The van der Waals surface area contributed by atoms with Crippen LogP contribution in [0, 0.1) is 0 Å². The molecule has 2 atom stereocenters. The van der Waals surface area contributed by atoms with Gasteiger partial charge in [-0.3, -0.25) is 9.59 Å². The highest BCUT2D eigenvalue weighted by molar-refractivity contribution is 5.99. The Hall–Kier alpha value is -1.10. The molecule has 5 heteroatoms. The highest BCUT2D eigenvalue weighted by Crippen LogP contribution is 2.23. The second kappa shape index (κ2) is 6.18. The Kier molecular flexibility index (Phi) is 5.14. The summed E-state index contributed by atoms with van der Waals surface area (Å²) in [5.41, 5.74) is -0.754. The van der Waals surface area contributed by atoms with Crippen molar-refractivity contribution in [1.82, 2.24) is 10.2 Å². The first kappa shape index (κ1) is 15.0. The summed E-state index contributed by atoms with van der Waals surface area (Å²) in [5.74, 6) is -0.0218. The van der Waals surface area contributed by atoms with E-state index in [1.165, 1.54) is 0 Å². The third-order valence-electron chi connectivity index (χ3n) is 3.65. The number of hydrogen-bond donors (Lipinski definition) is 1. The molecule has 1 N–H and O–H groups in total. The number of carbonyl (C=O) groups is 2. The molecular formula is C13H24N2O3. The monoisotopic (exact) mass is 256 g/mol. The number of amides is 2. The van der Waals surface area contributed by atoms with E-state index in [1.54, 1.807) is 18.9 Å². The van der Waals surface area contributed by atoms with Crippen molar-refractivity contribution in [2.75, 3.05) is 20.3 Å². The number of methoxy groups -OCH3 is 1. The quantitative estimate of drug-likeness (QED) is 0.719. The zero-order valence-corrected chi connectivity index (χ0v) is 11.8. The lowest BCUT2D eigenvalue weighted by atomic mass is 9.91. The fourth-order valence-electron chi connectivity index (χ4n) is 2.29. The number of hydrogen-bond acceptors (Lipinski definition) is 3. The van der Waals surface area contributed by atoms with Crippen LogP contribution in [0.4, 0.5) is 0 Å². The molecule has 1 aliphatic rings. The highest BCUT2D eigenvalue weighted by Gasteiger charge is 2.45. The van der Waals surface area contributed by atoms with Crippen LogP contribution in [0.3, 0.4) is 0 Å². The minimum Gasteiger partial charge on any atom is -0.385 e. The van der Waals surface area contributed by atoms with Gasteiger partial charge in [-0.15, -0.1) is 0 Å². The molecule has 1 rings (SSSR count). The molecule has 0 aromatic heterocycles. The van der Waals surface area contributed by atoms with Gasteiger partial charge in [0.15, 0.2) is 0 Å². The second-order valence-corrected chi connectivity index (χ2v) is 4.94. The maximum absolute atomic E-state index is 12.5. The Labute approximate surface area is 109 Å². The van der Waals surface area contributed by atoms with Gasteiger partial charge < -0.3 is 15.0 Å². The van der Waals surface area contributed by atoms with Crippen LogP contribution in [0.2, 0.25) is 0 Å². The van der Waals surface area contributed by atoms with Gasteiger partial charge in [-0.05, 0) is 26.2 Å². The fraction of sp³-hybridized carbons (Fsp3) is 0.846. The number of nitrogens with zero attached hydrogens (tertiary/aromatic N) is 1. The Bertz CT molecular complexity index is 319. The third-order valence-corrected chi connectivity index (χ3v) is 3.65. The molecule has 1 heterocycles. The molecule has 1 aliphatic heterocycles. The van der Waals surface area contributed by atoms with E-state index in [1.807, 2.05) is 13.8 Å². The van der Waals surface area contributed by atoms with Crippen molar-refractivity contribution < 1.29 is 14.3 Å². The minimum absolute atomic E-state index is 0.0209. The molecule has 0 bridgehead atoms. The van der Waals surface area contributed by atoms with Gasteiger partial charge in [0.2, 0.25) is 11.8 Å². The summed E-state index contributed by atoms with van der Waals surface area (Å²) in [6, 6.07) is -0.339. The summed E-state index contributed by atoms with van der Waals surface area (Å²) in [6.07, 6.45) is 2.00. The van der Waals surface area contributed by atoms with E-state index in [0.717, 1.165) is 6.42 Å². The van der Waals surface area contributed by atoms with Crippen molar-refractivity contribution in [2.24, 2.45) is 0 Å². The molecule has 0 aromatic rings. The van der Waals surface area contributed by atoms with E-state index in [0.29, 0.717) is 26.0 Å². The molecule has 1 fully saturated rings. The zero-order chi connectivity index (χ0) is 13.8. The van der Waals surface area contributed by atoms with Crippen LogP contribution in [0.5, 0.6) is 0 Å². The summed E-state index contributed by atoms with van der Waals surface area (Å²) in [5, 5.41) is 2.85. The topological polar surface area (TPSA) is 58.6 Å². The predicted octanol–water partition coefficient (Wildman–Crippen LogP) is 0.929. The lowest BCUT2D eigenvalue weighted by Crippen LogP contribution is -2.69. The molecule has 104 valence electrons.